The molecule has 0 aliphatic heterocycles. The maximum atomic E-state index is 5.81. The van der Waals surface area contributed by atoms with E-state index in [1.807, 2.05) is 6.08 Å². The van der Waals surface area contributed by atoms with Gasteiger partial charge in [0.15, 0.2) is 0 Å². The van der Waals surface area contributed by atoms with Crippen molar-refractivity contribution in [3.63, 3.8) is 0 Å². The summed E-state index contributed by atoms with van der Waals surface area (Å²) in [5.74, 6) is 0. The van der Waals surface area contributed by atoms with Crippen LogP contribution in [0.25, 0.3) is 10.9 Å². The number of aromatic nitrogens is 1. The van der Waals surface area contributed by atoms with Crippen molar-refractivity contribution in [2.24, 2.45) is 5.73 Å². The molecule has 0 spiro atoms. The highest BCUT2D eigenvalue weighted by Gasteiger charge is 2.11. The van der Waals surface area contributed by atoms with Crippen molar-refractivity contribution >= 4 is 29.7 Å². The van der Waals surface area contributed by atoms with Crippen LogP contribution in [-0.2, 0) is 6.42 Å². The Morgan fingerprint density at radius 2 is 2.00 bits per heavy atom. The second-order valence-corrected chi connectivity index (χ2v) is 6.60. The van der Waals surface area contributed by atoms with Gasteiger partial charge in [0.05, 0.1) is 5.52 Å². The Hall–Kier alpha value is -1.30. The predicted octanol–water partition coefficient (Wildman–Crippen LogP) is 3.43. The van der Waals surface area contributed by atoms with Gasteiger partial charge in [-0.25, -0.2) is 0 Å². The van der Waals surface area contributed by atoms with Gasteiger partial charge in [0.1, 0.15) is 0 Å². The zero-order chi connectivity index (χ0) is 14.8. The fourth-order valence-corrected chi connectivity index (χ4v) is 3.49. The quantitative estimate of drug-likeness (QED) is 0.877. The minimum absolute atomic E-state index is 0.960. The number of nitrogens with two attached hydrogens (primary N) is 1. The van der Waals surface area contributed by atoms with E-state index in [0.29, 0.717) is 0 Å². The molecular weight excluding hydrogens is 296 g/mol. The maximum Gasteiger partial charge on any atom is 0.0512 e. The van der Waals surface area contributed by atoms with Crippen molar-refractivity contribution in [3.05, 3.63) is 59.6 Å². The third-order valence-electron chi connectivity index (χ3n) is 3.97. The van der Waals surface area contributed by atoms with E-state index in [-0.39, 0.29) is 0 Å². The Morgan fingerprint density at radius 3 is 2.76 bits per heavy atom. The van der Waals surface area contributed by atoms with Gasteiger partial charge < -0.3 is 14.7 Å². The first-order valence-corrected chi connectivity index (χ1v) is 8.20. The summed E-state index contributed by atoms with van der Waals surface area (Å²) in [6, 6.07) is 8.54. The first kappa shape index (κ1) is 14.6. The number of hydrogen-bond donors (Lipinski definition) is 1. The number of fused-ring (bicyclic) bond motifs is 1. The van der Waals surface area contributed by atoms with E-state index in [1.165, 1.54) is 22.2 Å². The summed E-state index contributed by atoms with van der Waals surface area (Å²) < 4.78 is 4.39. The van der Waals surface area contributed by atoms with Gasteiger partial charge in [-0.2, -0.15) is 0 Å². The highest BCUT2D eigenvalue weighted by molar-refractivity contribution is 7.15. The normalized spacial score (nSPS) is 15.0. The van der Waals surface area contributed by atoms with Gasteiger partial charge >= 0.3 is 0 Å². The molecule has 1 aromatic carbocycles. The molecule has 0 saturated carbocycles. The molecular formula is C16H21N3P2. The largest absolute Gasteiger partial charge is 0.402 e. The Bertz CT molecular complexity index is 715. The number of rotatable bonds is 4. The minimum atomic E-state index is 0.960. The highest BCUT2D eigenvalue weighted by Crippen LogP contribution is 2.26. The molecule has 0 fully saturated rings. The summed E-state index contributed by atoms with van der Waals surface area (Å²) in [5, 5.41) is 1.34. The van der Waals surface area contributed by atoms with Gasteiger partial charge in [-0.1, -0.05) is 18.2 Å². The van der Waals surface area contributed by atoms with Crippen molar-refractivity contribution in [2.75, 3.05) is 6.54 Å². The van der Waals surface area contributed by atoms with Crippen molar-refractivity contribution in [1.29, 1.82) is 0 Å². The molecule has 3 nitrogen and oxygen atoms in total. The van der Waals surface area contributed by atoms with Crippen LogP contribution in [0.3, 0.4) is 0 Å². The molecule has 2 aromatic rings. The van der Waals surface area contributed by atoms with Crippen LogP contribution >= 0.6 is 18.8 Å². The van der Waals surface area contributed by atoms with Crippen LogP contribution in [0.5, 0.6) is 0 Å². The monoisotopic (exact) mass is 317 g/mol. The molecule has 2 atom stereocenters. The molecule has 0 amide bonds. The summed E-state index contributed by atoms with van der Waals surface area (Å²) >= 11 is 0. The van der Waals surface area contributed by atoms with E-state index in [4.69, 9.17) is 5.73 Å². The average molecular weight is 317 g/mol. The molecule has 0 saturated heterocycles. The SMILES string of the molecule is NC1=CC=C(N(P)CCc2cn(P)c3ccccc23)CC1. The Labute approximate surface area is 130 Å². The number of hydrogen-bond acceptors (Lipinski definition) is 2. The number of benzene rings is 1. The van der Waals surface area contributed by atoms with E-state index < -0.39 is 0 Å². The van der Waals surface area contributed by atoms with E-state index in [2.05, 4.69) is 64.3 Å². The zero-order valence-corrected chi connectivity index (χ0v) is 14.3. The fraction of sp³-hybridized carbons (Fsp3) is 0.250. The molecule has 5 heteroatoms. The van der Waals surface area contributed by atoms with Crippen molar-refractivity contribution in [3.8, 4) is 0 Å². The summed E-state index contributed by atoms with van der Waals surface area (Å²) in [6.07, 6.45) is 9.37. The summed E-state index contributed by atoms with van der Waals surface area (Å²) in [6.45, 7) is 0.989. The molecule has 110 valence electrons. The smallest absolute Gasteiger partial charge is 0.0512 e. The second kappa shape index (κ2) is 6.22. The van der Waals surface area contributed by atoms with E-state index in [9.17, 15) is 0 Å². The topological polar surface area (TPSA) is 34.2 Å². The molecule has 1 aromatic heterocycles. The Balaban J connectivity index is 1.72. The van der Waals surface area contributed by atoms with Crippen molar-refractivity contribution < 1.29 is 0 Å². The summed E-state index contributed by atoms with van der Waals surface area (Å²) in [5.41, 5.74) is 10.8. The van der Waals surface area contributed by atoms with Crippen LogP contribution in [-0.4, -0.2) is 15.6 Å². The summed E-state index contributed by atoms with van der Waals surface area (Å²) in [4.78, 5) is 0. The van der Waals surface area contributed by atoms with Gasteiger partial charge in [-0.3, -0.25) is 0 Å². The van der Waals surface area contributed by atoms with Crippen LogP contribution < -0.4 is 5.73 Å². The van der Waals surface area contributed by atoms with Gasteiger partial charge in [0.2, 0.25) is 0 Å². The zero-order valence-electron chi connectivity index (χ0n) is 12.0. The molecule has 0 bridgehead atoms. The lowest BCUT2D eigenvalue weighted by Crippen LogP contribution is -2.17. The first-order chi connectivity index (χ1) is 10.1. The maximum absolute atomic E-state index is 5.81. The molecule has 1 aliphatic carbocycles. The second-order valence-electron chi connectivity index (χ2n) is 5.42. The Kier molecular flexibility index (Phi) is 4.33. The van der Waals surface area contributed by atoms with Gasteiger partial charge in [-0.05, 0) is 61.8 Å². The molecule has 21 heavy (non-hydrogen) atoms. The van der Waals surface area contributed by atoms with E-state index in [1.54, 1.807) is 0 Å². The van der Waals surface area contributed by atoms with Crippen LogP contribution in [0.15, 0.2) is 54.0 Å². The average Bonchev–Trinajstić information content (AvgIpc) is 2.83. The molecule has 1 aliphatic rings. The van der Waals surface area contributed by atoms with E-state index in [0.717, 1.165) is 31.5 Å². The van der Waals surface area contributed by atoms with E-state index >= 15 is 0 Å². The van der Waals surface area contributed by atoms with Crippen LogP contribution in [0.1, 0.15) is 18.4 Å². The lowest BCUT2D eigenvalue weighted by atomic mass is 10.1. The standard InChI is InChI=1S/C16H21N3P2/c17-13-5-7-14(8-6-13)18(20)10-9-12-11-19(21)16-4-2-1-3-15(12)16/h1-5,7,11H,6,8-10,17,20-21H2. The third-order valence-corrected chi connectivity index (χ3v) is 4.99. The highest BCUT2D eigenvalue weighted by atomic mass is 31.0. The number of para-hydroxylation sites is 1. The summed E-state index contributed by atoms with van der Waals surface area (Å²) in [7, 11) is 5.60. The fourth-order valence-electron chi connectivity index (χ4n) is 2.74. The third kappa shape index (κ3) is 3.15. The lowest BCUT2D eigenvalue weighted by molar-refractivity contribution is 0.541. The molecule has 2 N–H and O–H groups in total. The van der Waals surface area contributed by atoms with Crippen molar-refractivity contribution in [2.45, 2.75) is 19.3 Å². The lowest BCUT2D eigenvalue weighted by Gasteiger charge is -2.24. The number of nitrogens with zero attached hydrogens (tertiary/aromatic N) is 2. The molecule has 0 radical (unpaired) electrons. The van der Waals surface area contributed by atoms with Gasteiger partial charge in [0, 0.05) is 29.5 Å². The first-order valence-electron chi connectivity index (χ1n) is 7.16. The van der Waals surface area contributed by atoms with Crippen LogP contribution in [0.2, 0.25) is 0 Å². The number of allylic oxidation sites excluding steroid dienone is 4. The van der Waals surface area contributed by atoms with Crippen LogP contribution in [0, 0.1) is 0 Å². The van der Waals surface area contributed by atoms with Gasteiger partial charge in [-0.15, -0.1) is 0 Å². The van der Waals surface area contributed by atoms with Gasteiger partial charge in [0.25, 0.3) is 0 Å². The molecule has 2 unspecified atom stereocenters. The molecule has 1 heterocycles. The predicted molar refractivity (Wildman–Crippen MR) is 96.8 cm³/mol. The molecule has 3 rings (SSSR count). The Morgan fingerprint density at radius 1 is 1.19 bits per heavy atom. The van der Waals surface area contributed by atoms with Crippen molar-refractivity contribution in [1.82, 2.24) is 9.01 Å². The van der Waals surface area contributed by atoms with Crippen LogP contribution in [0.4, 0.5) is 0 Å². The minimum Gasteiger partial charge on any atom is -0.402 e.